The van der Waals surface area contributed by atoms with E-state index in [-0.39, 0.29) is 0 Å². The highest BCUT2D eigenvalue weighted by atomic mass is 32.2. The van der Waals surface area contributed by atoms with Crippen molar-refractivity contribution >= 4 is 10.0 Å². The molecule has 0 amide bonds. The summed E-state index contributed by atoms with van der Waals surface area (Å²) in [5.74, 6) is 0.294. The number of hydrogen-bond donors (Lipinski definition) is 0. The summed E-state index contributed by atoms with van der Waals surface area (Å²) in [5.41, 5.74) is 0. The van der Waals surface area contributed by atoms with Crippen molar-refractivity contribution in [2.45, 2.75) is 25.8 Å². The molecule has 0 aromatic heterocycles. The molecule has 0 spiro atoms. The zero-order valence-corrected chi connectivity index (χ0v) is 12.3. The Hall–Kier alpha value is -0.170. The number of likely N-dealkylation sites (N-methyl/N-ethyl adjacent to an activating group) is 1. The third-order valence-corrected chi connectivity index (χ3v) is 6.08. The lowest BCUT2D eigenvalue weighted by Gasteiger charge is -2.36. The average molecular weight is 275 g/mol. The van der Waals surface area contributed by atoms with Gasteiger partial charge in [0.2, 0.25) is 10.0 Å². The van der Waals surface area contributed by atoms with E-state index in [1.165, 1.54) is 0 Å². The zero-order valence-electron chi connectivity index (χ0n) is 11.5. The van der Waals surface area contributed by atoms with E-state index in [1.807, 2.05) is 6.92 Å². The molecule has 2 rings (SSSR count). The molecule has 2 saturated heterocycles. The van der Waals surface area contributed by atoms with Crippen molar-refractivity contribution in [3.63, 3.8) is 0 Å². The second-order valence-corrected chi connectivity index (χ2v) is 7.54. The lowest BCUT2D eigenvalue weighted by molar-refractivity contribution is 0.116. The van der Waals surface area contributed by atoms with Crippen LogP contribution >= 0.6 is 0 Å². The lowest BCUT2D eigenvalue weighted by Crippen LogP contribution is -2.50. The monoisotopic (exact) mass is 275 g/mol. The van der Waals surface area contributed by atoms with Gasteiger partial charge in [0, 0.05) is 45.3 Å². The molecule has 2 aliphatic rings. The van der Waals surface area contributed by atoms with Gasteiger partial charge in [-0.3, -0.25) is 4.90 Å². The van der Waals surface area contributed by atoms with Gasteiger partial charge in [0.1, 0.15) is 0 Å². The van der Waals surface area contributed by atoms with Crippen LogP contribution in [0.2, 0.25) is 0 Å². The van der Waals surface area contributed by atoms with E-state index >= 15 is 0 Å². The fourth-order valence-corrected chi connectivity index (χ4v) is 4.39. The fourth-order valence-electron chi connectivity index (χ4n) is 2.84. The molecule has 1 unspecified atom stereocenters. The zero-order chi connectivity index (χ0) is 13.2. The Morgan fingerprint density at radius 1 is 1.11 bits per heavy atom. The number of nitrogens with zero attached hydrogens (tertiary/aromatic N) is 3. The van der Waals surface area contributed by atoms with Crippen LogP contribution in [0.25, 0.3) is 0 Å². The van der Waals surface area contributed by atoms with Crippen molar-refractivity contribution in [3.05, 3.63) is 0 Å². The van der Waals surface area contributed by atoms with Gasteiger partial charge < -0.3 is 4.90 Å². The summed E-state index contributed by atoms with van der Waals surface area (Å²) in [6.07, 6.45) is 1.70. The van der Waals surface area contributed by atoms with Crippen molar-refractivity contribution < 1.29 is 8.42 Å². The van der Waals surface area contributed by atoms with Gasteiger partial charge in [0.25, 0.3) is 0 Å². The Morgan fingerprint density at radius 2 is 1.78 bits per heavy atom. The molecule has 2 heterocycles. The molecule has 2 fully saturated rings. The summed E-state index contributed by atoms with van der Waals surface area (Å²) >= 11 is 0. The molecule has 5 nitrogen and oxygen atoms in total. The normalized spacial score (nSPS) is 28.9. The lowest BCUT2D eigenvalue weighted by atomic mass is 10.2. The van der Waals surface area contributed by atoms with Crippen LogP contribution in [0.15, 0.2) is 0 Å². The van der Waals surface area contributed by atoms with Crippen molar-refractivity contribution in [3.8, 4) is 0 Å². The minimum absolute atomic E-state index is 0.294. The van der Waals surface area contributed by atoms with E-state index in [9.17, 15) is 8.42 Å². The summed E-state index contributed by atoms with van der Waals surface area (Å²) in [4.78, 5) is 4.79. The van der Waals surface area contributed by atoms with E-state index in [0.717, 1.165) is 32.6 Å². The molecule has 106 valence electrons. The smallest absolute Gasteiger partial charge is 0.214 e. The van der Waals surface area contributed by atoms with Crippen LogP contribution in [0.5, 0.6) is 0 Å². The highest BCUT2D eigenvalue weighted by Crippen LogP contribution is 2.20. The highest BCUT2D eigenvalue weighted by molar-refractivity contribution is 7.89. The first-order valence-corrected chi connectivity index (χ1v) is 8.54. The van der Waals surface area contributed by atoms with Gasteiger partial charge in [-0.15, -0.1) is 0 Å². The standard InChI is InChI=1S/C12H25N3O2S/c1-3-10-18(16,17)15-5-4-12(11-15)14-8-6-13(2)7-9-14/h12H,3-11H2,1-2H3. The second-order valence-electron chi connectivity index (χ2n) is 5.46. The number of sulfonamides is 1. The quantitative estimate of drug-likeness (QED) is 0.727. The number of rotatable bonds is 4. The largest absolute Gasteiger partial charge is 0.304 e. The summed E-state index contributed by atoms with van der Waals surface area (Å²) < 4.78 is 25.7. The van der Waals surface area contributed by atoms with Gasteiger partial charge in [0.15, 0.2) is 0 Å². The van der Waals surface area contributed by atoms with Gasteiger partial charge in [-0.1, -0.05) is 6.92 Å². The van der Waals surface area contributed by atoms with Crippen LogP contribution in [0.4, 0.5) is 0 Å². The van der Waals surface area contributed by atoms with Gasteiger partial charge in [-0.25, -0.2) is 12.7 Å². The third-order valence-electron chi connectivity index (χ3n) is 4.04. The maximum atomic E-state index is 12.0. The Balaban J connectivity index is 1.88. The predicted molar refractivity (Wildman–Crippen MR) is 73.1 cm³/mol. The minimum Gasteiger partial charge on any atom is -0.304 e. The van der Waals surface area contributed by atoms with Crippen molar-refractivity contribution in [2.24, 2.45) is 0 Å². The molecule has 18 heavy (non-hydrogen) atoms. The van der Waals surface area contributed by atoms with Crippen LogP contribution < -0.4 is 0 Å². The first-order chi connectivity index (χ1) is 8.53. The second kappa shape index (κ2) is 5.86. The molecule has 0 aliphatic carbocycles. The van der Waals surface area contributed by atoms with Gasteiger partial charge in [-0.05, 0) is 19.9 Å². The van der Waals surface area contributed by atoms with Crippen molar-refractivity contribution in [1.29, 1.82) is 0 Å². The third kappa shape index (κ3) is 3.23. The van der Waals surface area contributed by atoms with Crippen LogP contribution in [0.3, 0.4) is 0 Å². The molecule has 0 N–H and O–H groups in total. The van der Waals surface area contributed by atoms with E-state index in [0.29, 0.717) is 31.3 Å². The highest BCUT2D eigenvalue weighted by Gasteiger charge is 2.34. The van der Waals surface area contributed by atoms with Crippen LogP contribution in [-0.4, -0.2) is 80.6 Å². The fraction of sp³-hybridized carbons (Fsp3) is 1.00. The van der Waals surface area contributed by atoms with Crippen molar-refractivity contribution in [2.75, 3.05) is 52.1 Å². The molecule has 0 saturated carbocycles. The Morgan fingerprint density at radius 3 is 2.39 bits per heavy atom. The average Bonchev–Trinajstić information content (AvgIpc) is 2.80. The maximum absolute atomic E-state index is 12.0. The van der Waals surface area contributed by atoms with E-state index in [4.69, 9.17) is 0 Å². The molecule has 0 bridgehead atoms. The SMILES string of the molecule is CCCS(=O)(=O)N1CCC(N2CCN(C)CC2)C1. The molecule has 0 aromatic rings. The summed E-state index contributed by atoms with van der Waals surface area (Å²) in [7, 11) is -0.853. The van der Waals surface area contributed by atoms with E-state index in [1.54, 1.807) is 4.31 Å². The number of piperazine rings is 1. The summed E-state index contributed by atoms with van der Waals surface area (Å²) in [6.45, 7) is 7.67. The molecular weight excluding hydrogens is 250 g/mol. The molecule has 1 atom stereocenters. The van der Waals surface area contributed by atoms with E-state index in [2.05, 4.69) is 16.8 Å². The van der Waals surface area contributed by atoms with Crippen molar-refractivity contribution in [1.82, 2.24) is 14.1 Å². The maximum Gasteiger partial charge on any atom is 0.214 e. The predicted octanol–water partition coefficient (Wildman–Crippen LogP) is 0.0479. The molecule has 0 radical (unpaired) electrons. The summed E-state index contributed by atoms with van der Waals surface area (Å²) in [5, 5.41) is 0. The molecule has 6 heteroatoms. The van der Waals surface area contributed by atoms with Gasteiger partial charge >= 0.3 is 0 Å². The van der Waals surface area contributed by atoms with Gasteiger partial charge in [-0.2, -0.15) is 0 Å². The van der Waals surface area contributed by atoms with Crippen LogP contribution in [0, 0.1) is 0 Å². The van der Waals surface area contributed by atoms with Gasteiger partial charge in [0.05, 0.1) is 5.75 Å². The van der Waals surface area contributed by atoms with Crippen LogP contribution in [-0.2, 0) is 10.0 Å². The Labute approximate surface area is 111 Å². The first kappa shape index (κ1) is 14.2. The topological polar surface area (TPSA) is 43.9 Å². The minimum atomic E-state index is -3.00. The Kier molecular flexibility index (Phi) is 4.64. The molecule has 2 aliphatic heterocycles. The van der Waals surface area contributed by atoms with E-state index < -0.39 is 10.0 Å². The Bertz CT molecular complexity index is 364. The summed E-state index contributed by atoms with van der Waals surface area (Å²) in [6, 6.07) is 0.435. The molecule has 0 aromatic carbocycles. The number of hydrogen-bond acceptors (Lipinski definition) is 4. The first-order valence-electron chi connectivity index (χ1n) is 6.93. The molecular formula is C12H25N3O2S. The van der Waals surface area contributed by atoms with Crippen LogP contribution in [0.1, 0.15) is 19.8 Å².